The van der Waals surface area contributed by atoms with Crippen molar-refractivity contribution in [3.05, 3.63) is 36.0 Å². The van der Waals surface area contributed by atoms with Gasteiger partial charge in [0, 0.05) is 0 Å². The lowest BCUT2D eigenvalue weighted by Crippen LogP contribution is -2.38. The van der Waals surface area contributed by atoms with Crippen LogP contribution in [0, 0.1) is 0 Å². The number of aliphatic hydroxyl groups excluding tert-OH is 1. The maximum absolute atomic E-state index is 10.1. The molecule has 0 saturated carbocycles. The van der Waals surface area contributed by atoms with Crippen molar-refractivity contribution in [1.29, 1.82) is 0 Å². The van der Waals surface area contributed by atoms with Crippen molar-refractivity contribution in [2.45, 2.75) is 58.7 Å². The minimum atomic E-state index is -1.04. The average molecular weight is 238 g/mol. The van der Waals surface area contributed by atoms with E-state index in [9.17, 15) is 10.2 Å². The number of rotatable bonds is 7. The zero-order valence-corrected chi connectivity index (χ0v) is 11.5. The van der Waals surface area contributed by atoms with Gasteiger partial charge in [0.1, 0.15) is 0 Å². The monoisotopic (exact) mass is 238 g/mol. The summed E-state index contributed by atoms with van der Waals surface area (Å²) in [6.07, 6.45) is 6.79. The highest BCUT2D eigenvalue weighted by Crippen LogP contribution is 2.21. The van der Waals surface area contributed by atoms with Gasteiger partial charge in [0.05, 0.1) is 11.7 Å². The molecule has 0 aromatic carbocycles. The minimum Gasteiger partial charge on any atom is -0.390 e. The van der Waals surface area contributed by atoms with E-state index in [2.05, 4.69) is 12.7 Å². The molecule has 0 bridgehead atoms. The van der Waals surface area contributed by atoms with E-state index in [-0.39, 0.29) is 0 Å². The van der Waals surface area contributed by atoms with Gasteiger partial charge in [-0.05, 0) is 47.0 Å². The molecule has 0 unspecified atom stereocenters. The fourth-order valence-electron chi connectivity index (χ4n) is 1.45. The Morgan fingerprint density at radius 2 is 1.88 bits per heavy atom. The molecule has 0 amide bonds. The number of aliphatic hydroxyl groups is 2. The van der Waals surface area contributed by atoms with Crippen molar-refractivity contribution in [1.82, 2.24) is 0 Å². The smallest absolute Gasteiger partial charge is 0.0883 e. The minimum absolute atomic E-state index is 0.458. The Morgan fingerprint density at radius 1 is 1.29 bits per heavy atom. The first-order valence-corrected chi connectivity index (χ1v) is 6.12. The van der Waals surface area contributed by atoms with Gasteiger partial charge < -0.3 is 10.2 Å². The van der Waals surface area contributed by atoms with Crippen LogP contribution in [0.4, 0.5) is 0 Å². The Hall–Kier alpha value is -0.860. The van der Waals surface area contributed by atoms with Gasteiger partial charge in [0.25, 0.3) is 0 Å². The molecule has 0 aliphatic rings. The quantitative estimate of drug-likeness (QED) is 0.527. The third kappa shape index (κ3) is 7.14. The van der Waals surface area contributed by atoms with E-state index in [1.807, 2.05) is 26.8 Å². The van der Waals surface area contributed by atoms with Gasteiger partial charge in [-0.3, -0.25) is 0 Å². The van der Waals surface area contributed by atoms with Crippen LogP contribution in [0.15, 0.2) is 36.0 Å². The normalized spacial score (nSPS) is 17.2. The highest BCUT2D eigenvalue weighted by molar-refractivity contribution is 5.13. The van der Waals surface area contributed by atoms with Gasteiger partial charge in [-0.25, -0.2) is 0 Å². The molecule has 2 heteroatoms. The summed E-state index contributed by atoms with van der Waals surface area (Å²) in [6.45, 7) is 11.3. The second kappa shape index (κ2) is 7.46. The predicted molar refractivity (Wildman–Crippen MR) is 73.9 cm³/mol. The van der Waals surface area contributed by atoms with Crippen LogP contribution in [0.1, 0.15) is 47.0 Å². The Labute approximate surface area is 105 Å². The van der Waals surface area contributed by atoms with Gasteiger partial charge in [-0.15, -0.1) is 0 Å². The molecule has 0 fully saturated rings. The van der Waals surface area contributed by atoms with E-state index in [0.717, 1.165) is 12.0 Å². The summed E-state index contributed by atoms with van der Waals surface area (Å²) >= 11 is 0. The summed E-state index contributed by atoms with van der Waals surface area (Å²) in [5.41, 5.74) is 1.21. The molecule has 2 atom stereocenters. The van der Waals surface area contributed by atoms with Crippen molar-refractivity contribution in [2.75, 3.05) is 0 Å². The summed E-state index contributed by atoms with van der Waals surface area (Å²) in [6, 6.07) is 0. The number of hydrogen-bond donors (Lipinski definition) is 2. The van der Waals surface area contributed by atoms with Crippen molar-refractivity contribution in [3.8, 4) is 0 Å². The summed E-state index contributed by atoms with van der Waals surface area (Å²) in [4.78, 5) is 0. The Balaban J connectivity index is 4.29. The molecule has 0 aromatic rings. The van der Waals surface area contributed by atoms with E-state index in [4.69, 9.17) is 0 Å². The second-order valence-electron chi connectivity index (χ2n) is 5.08. The summed E-state index contributed by atoms with van der Waals surface area (Å²) < 4.78 is 0. The lowest BCUT2D eigenvalue weighted by molar-refractivity contribution is -0.0642. The van der Waals surface area contributed by atoms with Crippen molar-refractivity contribution in [3.63, 3.8) is 0 Å². The molecule has 17 heavy (non-hydrogen) atoms. The molecule has 0 aliphatic carbocycles. The first-order valence-electron chi connectivity index (χ1n) is 6.12. The highest BCUT2D eigenvalue weighted by atomic mass is 16.3. The van der Waals surface area contributed by atoms with E-state index in [1.54, 1.807) is 13.0 Å². The molecule has 0 saturated heterocycles. The Kier molecular flexibility index (Phi) is 7.09. The van der Waals surface area contributed by atoms with Gasteiger partial charge in [0.15, 0.2) is 0 Å². The molecule has 0 heterocycles. The summed E-state index contributed by atoms with van der Waals surface area (Å²) in [7, 11) is 0. The van der Waals surface area contributed by atoms with E-state index in [0.29, 0.717) is 12.8 Å². The number of hydrogen-bond acceptors (Lipinski definition) is 2. The zero-order chi connectivity index (χ0) is 13.5. The van der Waals surface area contributed by atoms with Crippen LogP contribution in [0.3, 0.4) is 0 Å². The fraction of sp³-hybridized carbons (Fsp3) is 0.600. The molecular formula is C15H26O2. The molecule has 0 aromatic heterocycles. The maximum Gasteiger partial charge on any atom is 0.0883 e. The van der Waals surface area contributed by atoms with Gasteiger partial charge in [-0.2, -0.15) is 0 Å². The molecule has 0 aliphatic heterocycles. The molecule has 2 nitrogen and oxygen atoms in total. The molecule has 2 N–H and O–H groups in total. The van der Waals surface area contributed by atoms with Crippen LogP contribution in [-0.2, 0) is 0 Å². The molecule has 0 spiro atoms. The summed E-state index contributed by atoms with van der Waals surface area (Å²) in [5, 5.41) is 20.1. The lowest BCUT2D eigenvalue weighted by atomic mass is 9.90. The van der Waals surface area contributed by atoms with E-state index in [1.165, 1.54) is 5.57 Å². The van der Waals surface area contributed by atoms with E-state index >= 15 is 0 Å². The van der Waals surface area contributed by atoms with Crippen LogP contribution < -0.4 is 0 Å². The van der Waals surface area contributed by atoms with Gasteiger partial charge >= 0.3 is 0 Å². The van der Waals surface area contributed by atoms with Crippen molar-refractivity contribution in [2.24, 2.45) is 0 Å². The third-order valence-electron chi connectivity index (χ3n) is 2.91. The highest BCUT2D eigenvalue weighted by Gasteiger charge is 2.28. The van der Waals surface area contributed by atoms with Crippen molar-refractivity contribution >= 4 is 0 Å². The van der Waals surface area contributed by atoms with Crippen LogP contribution in [0.5, 0.6) is 0 Å². The first kappa shape index (κ1) is 16.1. The predicted octanol–water partition coefficient (Wildman–Crippen LogP) is 3.37. The largest absolute Gasteiger partial charge is 0.390 e. The van der Waals surface area contributed by atoms with Crippen LogP contribution >= 0.6 is 0 Å². The molecule has 98 valence electrons. The van der Waals surface area contributed by atoms with Gasteiger partial charge in [-0.1, -0.05) is 36.0 Å². The third-order valence-corrected chi connectivity index (χ3v) is 2.91. The topological polar surface area (TPSA) is 40.5 Å². The van der Waals surface area contributed by atoms with E-state index < -0.39 is 11.7 Å². The molecular weight excluding hydrogens is 212 g/mol. The lowest BCUT2D eigenvalue weighted by Gasteiger charge is -2.28. The van der Waals surface area contributed by atoms with Gasteiger partial charge in [0.2, 0.25) is 0 Å². The first-order chi connectivity index (χ1) is 7.79. The van der Waals surface area contributed by atoms with Crippen molar-refractivity contribution < 1.29 is 10.2 Å². The standard InChI is InChI=1S/C15H26O2/c1-6-13(4)9-10-14(16)15(5,17)11-7-8-12(2)3/h6,8-9,14,16-17H,1,7,10-11H2,2-5H3/b13-9-/t14-,15+/m1/s1. The summed E-state index contributed by atoms with van der Waals surface area (Å²) in [5.74, 6) is 0. The number of allylic oxidation sites excluding steroid dienone is 4. The fourth-order valence-corrected chi connectivity index (χ4v) is 1.45. The SMILES string of the molecule is C=C/C(C)=C\C[C@@H](O)[C@@](C)(O)CCC=C(C)C. The zero-order valence-electron chi connectivity index (χ0n) is 11.5. The molecule has 0 radical (unpaired) electrons. The molecule has 0 rings (SSSR count). The Morgan fingerprint density at radius 3 is 2.35 bits per heavy atom. The van der Waals surface area contributed by atoms with Crippen LogP contribution in [0.25, 0.3) is 0 Å². The Bertz CT molecular complexity index is 294. The van der Waals surface area contributed by atoms with Crippen LogP contribution in [0.2, 0.25) is 0 Å². The second-order valence-corrected chi connectivity index (χ2v) is 5.08. The maximum atomic E-state index is 10.1. The van der Waals surface area contributed by atoms with Crippen LogP contribution in [-0.4, -0.2) is 21.9 Å². The average Bonchev–Trinajstić information content (AvgIpc) is 2.24.